The average molecular weight is 383 g/mol. The Labute approximate surface area is 166 Å². The van der Waals surface area contributed by atoms with Gasteiger partial charge in [0.25, 0.3) is 0 Å². The summed E-state index contributed by atoms with van der Waals surface area (Å²) in [4.78, 5) is 23.3. The number of nitrogens with one attached hydrogen (secondary N) is 1. The molecule has 5 heteroatoms. The van der Waals surface area contributed by atoms with Crippen molar-refractivity contribution < 1.29 is 19.4 Å². The fourth-order valence-corrected chi connectivity index (χ4v) is 2.85. The molecule has 0 spiro atoms. The highest BCUT2D eigenvalue weighted by Gasteiger charge is 2.27. The van der Waals surface area contributed by atoms with Gasteiger partial charge in [-0.15, -0.1) is 0 Å². The van der Waals surface area contributed by atoms with Crippen LogP contribution in [0, 0.1) is 19.3 Å². The molecule has 0 aliphatic heterocycles. The molecule has 5 nitrogen and oxygen atoms in total. The van der Waals surface area contributed by atoms with Crippen LogP contribution in [0.25, 0.3) is 0 Å². The van der Waals surface area contributed by atoms with Gasteiger partial charge in [0.15, 0.2) is 0 Å². The number of carbonyl (C=O) groups excluding carboxylic acids is 1. The molecule has 0 aliphatic carbocycles. The molecule has 0 saturated carbocycles. The highest BCUT2D eigenvalue weighted by atomic mass is 16.5. The van der Waals surface area contributed by atoms with E-state index in [0.29, 0.717) is 24.3 Å². The van der Waals surface area contributed by atoms with Crippen molar-refractivity contribution in [2.75, 3.05) is 11.9 Å². The van der Waals surface area contributed by atoms with Gasteiger partial charge in [0, 0.05) is 11.1 Å². The Morgan fingerprint density at radius 3 is 2.39 bits per heavy atom. The van der Waals surface area contributed by atoms with Crippen molar-refractivity contribution in [3.63, 3.8) is 0 Å². The molecule has 28 heavy (non-hydrogen) atoms. The van der Waals surface area contributed by atoms with E-state index in [-0.39, 0.29) is 12.3 Å². The van der Waals surface area contributed by atoms with Gasteiger partial charge in [0.1, 0.15) is 5.75 Å². The molecule has 0 aromatic heterocycles. The third-order valence-electron chi connectivity index (χ3n) is 4.73. The van der Waals surface area contributed by atoms with Gasteiger partial charge >= 0.3 is 5.97 Å². The molecule has 2 N–H and O–H groups in total. The van der Waals surface area contributed by atoms with Crippen molar-refractivity contribution in [3.05, 3.63) is 59.2 Å². The van der Waals surface area contributed by atoms with Gasteiger partial charge in [0.2, 0.25) is 5.91 Å². The fraction of sp³-hybridized carbons (Fsp3) is 0.391. The molecule has 0 aliphatic rings. The molecular formula is C23H29NO4. The summed E-state index contributed by atoms with van der Waals surface area (Å²) in [6.07, 6.45) is 1.44. The lowest BCUT2D eigenvalue weighted by Crippen LogP contribution is -2.31. The lowest BCUT2D eigenvalue weighted by molar-refractivity contribution is -0.136. The van der Waals surface area contributed by atoms with E-state index in [0.717, 1.165) is 23.3 Å². The van der Waals surface area contributed by atoms with Gasteiger partial charge in [-0.05, 0) is 61.6 Å². The highest BCUT2D eigenvalue weighted by molar-refractivity contribution is 5.94. The summed E-state index contributed by atoms with van der Waals surface area (Å²) in [5.41, 5.74) is 3.10. The zero-order valence-electron chi connectivity index (χ0n) is 17.0. The lowest BCUT2D eigenvalue weighted by Gasteiger charge is -2.23. The Morgan fingerprint density at radius 2 is 1.75 bits per heavy atom. The molecule has 0 unspecified atom stereocenters. The number of benzene rings is 2. The smallest absolute Gasteiger partial charge is 0.307 e. The summed E-state index contributed by atoms with van der Waals surface area (Å²) in [6, 6.07) is 13.0. The van der Waals surface area contributed by atoms with Crippen LogP contribution in [-0.2, 0) is 16.0 Å². The largest absolute Gasteiger partial charge is 0.493 e. The van der Waals surface area contributed by atoms with Gasteiger partial charge in [-0.2, -0.15) is 0 Å². The van der Waals surface area contributed by atoms with Gasteiger partial charge in [-0.3, -0.25) is 9.59 Å². The van der Waals surface area contributed by atoms with Crippen LogP contribution < -0.4 is 10.1 Å². The maximum Gasteiger partial charge on any atom is 0.307 e. The molecular weight excluding hydrogens is 354 g/mol. The number of carbonyl (C=O) groups is 2. The third-order valence-corrected chi connectivity index (χ3v) is 4.73. The standard InChI is InChI=1S/C23H29NO4/c1-16-6-7-17(2)20(14-16)28-13-5-12-23(3,4)22(27)24-19-10-8-18(9-11-19)15-21(25)26/h6-11,14H,5,12-13,15H2,1-4H3,(H,24,27)(H,25,26). The summed E-state index contributed by atoms with van der Waals surface area (Å²) >= 11 is 0. The molecule has 0 fully saturated rings. The molecule has 2 rings (SSSR count). The summed E-state index contributed by atoms with van der Waals surface area (Å²) in [6.45, 7) is 8.45. The lowest BCUT2D eigenvalue weighted by atomic mass is 9.87. The van der Waals surface area contributed by atoms with Crippen LogP contribution in [-0.4, -0.2) is 23.6 Å². The molecule has 0 saturated heterocycles. The van der Waals surface area contributed by atoms with E-state index in [9.17, 15) is 9.59 Å². The summed E-state index contributed by atoms with van der Waals surface area (Å²) in [5, 5.41) is 11.7. The number of rotatable bonds is 9. The van der Waals surface area contributed by atoms with Crippen LogP contribution in [0.4, 0.5) is 5.69 Å². The second-order valence-corrected chi connectivity index (χ2v) is 7.83. The zero-order valence-corrected chi connectivity index (χ0v) is 17.0. The summed E-state index contributed by atoms with van der Waals surface area (Å²) in [7, 11) is 0. The number of carboxylic acids is 1. The second kappa shape index (κ2) is 9.40. The Morgan fingerprint density at radius 1 is 1.07 bits per heavy atom. The maximum absolute atomic E-state index is 12.6. The van der Waals surface area contributed by atoms with Crippen molar-refractivity contribution in [1.82, 2.24) is 0 Å². The highest BCUT2D eigenvalue weighted by Crippen LogP contribution is 2.26. The topological polar surface area (TPSA) is 75.6 Å². The van der Waals surface area contributed by atoms with Gasteiger partial charge < -0.3 is 15.2 Å². The minimum absolute atomic E-state index is 0.0276. The predicted octanol–water partition coefficient (Wildman–Crippen LogP) is 4.75. The quantitative estimate of drug-likeness (QED) is 0.613. The van der Waals surface area contributed by atoms with Crippen LogP contribution >= 0.6 is 0 Å². The molecule has 150 valence electrons. The van der Waals surface area contributed by atoms with E-state index in [1.165, 1.54) is 0 Å². The average Bonchev–Trinajstić information content (AvgIpc) is 2.62. The number of aryl methyl sites for hydroxylation is 2. The van der Waals surface area contributed by atoms with E-state index >= 15 is 0 Å². The monoisotopic (exact) mass is 383 g/mol. The SMILES string of the molecule is Cc1ccc(C)c(OCCCC(C)(C)C(=O)Nc2ccc(CC(=O)O)cc2)c1. The van der Waals surface area contributed by atoms with Crippen LogP contribution in [0.2, 0.25) is 0 Å². The molecule has 1 amide bonds. The van der Waals surface area contributed by atoms with Crippen molar-refractivity contribution in [1.29, 1.82) is 0 Å². The molecule has 0 atom stereocenters. The van der Waals surface area contributed by atoms with E-state index in [2.05, 4.69) is 11.4 Å². The first-order valence-corrected chi connectivity index (χ1v) is 9.49. The fourth-order valence-electron chi connectivity index (χ4n) is 2.85. The first-order chi connectivity index (χ1) is 13.2. The van der Waals surface area contributed by atoms with Crippen molar-refractivity contribution in [2.45, 2.75) is 47.0 Å². The van der Waals surface area contributed by atoms with Gasteiger partial charge in [-0.25, -0.2) is 0 Å². The first-order valence-electron chi connectivity index (χ1n) is 9.49. The van der Waals surface area contributed by atoms with E-state index in [1.807, 2.05) is 39.8 Å². The van der Waals surface area contributed by atoms with E-state index in [4.69, 9.17) is 9.84 Å². The molecule has 2 aromatic rings. The van der Waals surface area contributed by atoms with Crippen molar-refractivity contribution in [2.24, 2.45) is 5.41 Å². The second-order valence-electron chi connectivity index (χ2n) is 7.83. The number of anilines is 1. The normalized spacial score (nSPS) is 11.1. The number of aliphatic carboxylic acids is 1. The van der Waals surface area contributed by atoms with Crippen molar-refractivity contribution in [3.8, 4) is 5.75 Å². The minimum atomic E-state index is -0.874. The molecule has 0 heterocycles. The van der Waals surface area contributed by atoms with Crippen LogP contribution in [0.5, 0.6) is 5.75 Å². The number of ether oxygens (including phenoxy) is 1. The Bertz CT molecular complexity index is 825. The molecule has 0 radical (unpaired) electrons. The van der Waals surface area contributed by atoms with Crippen LogP contribution in [0.3, 0.4) is 0 Å². The van der Waals surface area contributed by atoms with E-state index < -0.39 is 11.4 Å². The Balaban J connectivity index is 1.83. The number of hydrogen-bond acceptors (Lipinski definition) is 3. The number of amides is 1. The molecule has 2 aromatic carbocycles. The van der Waals surface area contributed by atoms with Crippen LogP contribution in [0.1, 0.15) is 43.4 Å². The zero-order chi connectivity index (χ0) is 20.7. The third kappa shape index (κ3) is 6.41. The molecule has 0 bridgehead atoms. The predicted molar refractivity (Wildman–Crippen MR) is 111 cm³/mol. The minimum Gasteiger partial charge on any atom is -0.493 e. The Hall–Kier alpha value is -2.82. The maximum atomic E-state index is 12.6. The van der Waals surface area contributed by atoms with Gasteiger partial charge in [0.05, 0.1) is 13.0 Å². The Kier molecular flexibility index (Phi) is 7.21. The van der Waals surface area contributed by atoms with Gasteiger partial charge in [-0.1, -0.05) is 38.1 Å². The van der Waals surface area contributed by atoms with E-state index in [1.54, 1.807) is 24.3 Å². The number of hydrogen-bond donors (Lipinski definition) is 2. The van der Waals surface area contributed by atoms with Crippen LogP contribution in [0.15, 0.2) is 42.5 Å². The summed E-state index contributed by atoms with van der Waals surface area (Å²) < 4.78 is 5.88. The summed E-state index contributed by atoms with van der Waals surface area (Å²) in [5.74, 6) is -0.0464. The number of carboxylic acid groups (broad SMARTS) is 1. The van der Waals surface area contributed by atoms with Crippen molar-refractivity contribution >= 4 is 17.6 Å². The first kappa shape index (κ1) is 21.5.